The van der Waals surface area contributed by atoms with E-state index >= 15 is 0 Å². The van der Waals surface area contributed by atoms with Gasteiger partial charge in [0.25, 0.3) is 11.5 Å². The molecule has 0 bridgehead atoms. The lowest BCUT2D eigenvalue weighted by atomic mass is 10.0. The molecule has 0 saturated heterocycles. The molecular weight excluding hydrogens is 440 g/mol. The zero-order valence-electron chi connectivity index (χ0n) is 19.6. The molecule has 0 spiro atoms. The predicted octanol–water partition coefficient (Wildman–Crippen LogP) is 4.99. The Hall–Kier alpha value is -4.59. The van der Waals surface area contributed by atoms with E-state index in [1.807, 2.05) is 80.1 Å². The summed E-state index contributed by atoms with van der Waals surface area (Å²) in [6.45, 7) is 6.09. The highest BCUT2D eigenvalue weighted by Gasteiger charge is 2.19. The molecule has 5 rings (SSSR count). The van der Waals surface area contributed by atoms with Crippen LogP contribution in [0.1, 0.15) is 35.8 Å². The van der Waals surface area contributed by atoms with Gasteiger partial charge in [0.2, 0.25) is 0 Å². The van der Waals surface area contributed by atoms with Gasteiger partial charge in [-0.2, -0.15) is 10.2 Å². The Balaban J connectivity index is 1.55. The molecular formula is C27H24N6O2. The number of aromatic amines is 1. The lowest BCUT2D eigenvalue weighted by Crippen LogP contribution is -2.13. The molecule has 0 unspecified atom stereocenters. The van der Waals surface area contributed by atoms with Gasteiger partial charge in [-0.15, -0.1) is 0 Å². The van der Waals surface area contributed by atoms with Crippen LogP contribution in [-0.2, 0) is 0 Å². The second kappa shape index (κ2) is 8.98. The molecule has 0 aliphatic rings. The van der Waals surface area contributed by atoms with Crippen LogP contribution in [0.15, 0.2) is 77.7 Å². The van der Waals surface area contributed by atoms with Gasteiger partial charge in [0.15, 0.2) is 5.65 Å². The van der Waals surface area contributed by atoms with Crippen LogP contribution in [0.3, 0.4) is 0 Å². The number of amides is 1. The lowest BCUT2D eigenvalue weighted by Gasteiger charge is -2.12. The summed E-state index contributed by atoms with van der Waals surface area (Å²) >= 11 is 0. The van der Waals surface area contributed by atoms with E-state index in [1.54, 1.807) is 12.3 Å². The molecule has 0 atom stereocenters. The molecule has 0 saturated carbocycles. The first kappa shape index (κ1) is 22.2. The van der Waals surface area contributed by atoms with E-state index < -0.39 is 0 Å². The Kier molecular flexibility index (Phi) is 5.70. The van der Waals surface area contributed by atoms with Crippen molar-refractivity contribution in [1.29, 1.82) is 0 Å². The van der Waals surface area contributed by atoms with Crippen LogP contribution in [0.25, 0.3) is 33.5 Å². The van der Waals surface area contributed by atoms with Crippen LogP contribution in [0.4, 0.5) is 5.69 Å². The fraction of sp³-hybridized carbons (Fsp3) is 0.148. The van der Waals surface area contributed by atoms with Crippen LogP contribution >= 0.6 is 0 Å². The van der Waals surface area contributed by atoms with Gasteiger partial charge >= 0.3 is 0 Å². The van der Waals surface area contributed by atoms with Gasteiger partial charge < -0.3 is 5.32 Å². The number of fused-ring (bicyclic) bond motifs is 1. The maximum atomic E-state index is 13.5. The zero-order valence-corrected chi connectivity index (χ0v) is 19.6. The fourth-order valence-electron chi connectivity index (χ4n) is 3.92. The quantitative estimate of drug-likeness (QED) is 0.381. The highest BCUT2D eigenvalue weighted by Crippen LogP contribution is 2.28. The van der Waals surface area contributed by atoms with Gasteiger partial charge in [-0.1, -0.05) is 42.0 Å². The number of carbonyl (C=O) groups is 1. The zero-order chi connectivity index (χ0) is 24.5. The largest absolute Gasteiger partial charge is 0.322 e. The number of benzene rings is 2. The number of hydrogen-bond donors (Lipinski definition) is 2. The molecule has 2 N–H and O–H groups in total. The van der Waals surface area contributed by atoms with Gasteiger partial charge in [-0.3, -0.25) is 9.59 Å². The molecule has 1 amide bonds. The second-order valence-electron chi connectivity index (χ2n) is 8.68. The Morgan fingerprint density at radius 3 is 2.49 bits per heavy atom. The van der Waals surface area contributed by atoms with Crippen molar-refractivity contribution >= 4 is 22.6 Å². The summed E-state index contributed by atoms with van der Waals surface area (Å²) in [5.74, 6) is -0.263. The van der Waals surface area contributed by atoms with Crippen molar-refractivity contribution < 1.29 is 4.79 Å². The van der Waals surface area contributed by atoms with E-state index in [0.717, 1.165) is 16.7 Å². The van der Waals surface area contributed by atoms with E-state index in [0.29, 0.717) is 33.7 Å². The normalized spacial score (nSPS) is 11.2. The van der Waals surface area contributed by atoms with Gasteiger partial charge in [0.1, 0.15) is 0 Å². The van der Waals surface area contributed by atoms with Crippen molar-refractivity contribution in [2.45, 2.75) is 26.8 Å². The van der Waals surface area contributed by atoms with Crippen LogP contribution in [0, 0.1) is 6.92 Å². The molecule has 8 heteroatoms. The first-order valence-corrected chi connectivity index (χ1v) is 11.3. The Bertz CT molecular complexity index is 1580. The van der Waals surface area contributed by atoms with Crippen LogP contribution in [-0.4, -0.2) is 30.9 Å². The summed E-state index contributed by atoms with van der Waals surface area (Å²) in [7, 11) is 0. The van der Waals surface area contributed by atoms with Crippen molar-refractivity contribution in [3.8, 4) is 22.5 Å². The maximum absolute atomic E-state index is 13.5. The number of aryl methyl sites for hydroxylation is 1. The molecule has 0 aliphatic carbocycles. The maximum Gasteiger partial charge on any atom is 0.264 e. The van der Waals surface area contributed by atoms with Crippen LogP contribution < -0.4 is 10.9 Å². The molecule has 174 valence electrons. The average molecular weight is 465 g/mol. The summed E-state index contributed by atoms with van der Waals surface area (Å²) in [5.41, 5.74) is 5.64. The molecule has 5 aromatic rings. The molecule has 0 aliphatic heterocycles. The summed E-state index contributed by atoms with van der Waals surface area (Å²) in [5, 5.41) is 14.7. The monoisotopic (exact) mass is 464 g/mol. The Morgan fingerprint density at radius 2 is 1.77 bits per heavy atom. The van der Waals surface area contributed by atoms with Gasteiger partial charge in [-0.05, 0) is 45.0 Å². The summed E-state index contributed by atoms with van der Waals surface area (Å²) in [6, 6.07) is 20.3. The SMILES string of the molecule is Cc1ccc(-c2cc(C(=O)Nc3cccc(-c4ccc(=O)[nH]n4)c3)c3cnn(C(C)C)c3n2)cc1. The highest BCUT2D eigenvalue weighted by molar-refractivity contribution is 6.12. The Morgan fingerprint density at radius 1 is 0.971 bits per heavy atom. The first-order chi connectivity index (χ1) is 16.9. The van der Waals surface area contributed by atoms with Crippen LogP contribution in [0.5, 0.6) is 0 Å². The number of H-pyrrole nitrogens is 1. The minimum atomic E-state index is -0.272. The van der Waals surface area contributed by atoms with E-state index in [2.05, 4.69) is 20.6 Å². The number of carbonyl (C=O) groups excluding carboxylic acids is 1. The second-order valence-corrected chi connectivity index (χ2v) is 8.68. The first-order valence-electron chi connectivity index (χ1n) is 11.3. The van der Waals surface area contributed by atoms with Crippen LogP contribution in [0.2, 0.25) is 0 Å². The summed E-state index contributed by atoms with van der Waals surface area (Å²) < 4.78 is 1.83. The third kappa shape index (κ3) is 4.46. The topological polar surface area (TPSA) is 106 Å². The Labute approximate surface area is 201 Å². The third-order valence-electron chi connectivity index (χ3n) is 5.74. The molecule has 8 nitrogen and oxygen atoms in total. The van der Waals surface area contributed by atoms with Gasteiger partial charge in [-0.25, -0.2) is 14.8 Å². The summed E-state index contributed by atoms with van der Waals surface area (Å²) in [4.78, 5) is 29.7. The molecule has 3 aromatic heterocycles. The van der Waals surface area contributed by atoms with Crippen molar-refractivity contribution in [2.75, 3.05) is 5.32 Å². The van der Waals surface area contributed by atoms with Crippen molar-refractivity contribution in [1.82, 2.24) is 25.0 Å². The van der Waals surface area contributed by atoms with E-state index in [9.17, 15) is 9.59 Å². The number of nitrogens with zero attached hydrogens (tertiary/aromatic N) is 4. The minimum absolute atomic E-state index is 0.0886. The fourth-order valence-corrected chi connectivity index (χ4v) is 3.92. The highest BCUT2D eigenvalue weighted by atomic mass is 16.1. The van der Waals surface area contributed by atoms with Gasteiger partial charge in [0.05, 0.1) is 28.5 Å². The van der Waals surface area contributed by atoms with E-state index in [4.69, 9.17) is 4.98 Å². The number of aromatic nitrogens is 5. The number of hydrogen-bond acceptors (Lipinski definition) is 5. The number of anilines is 1. The predicted molar refractivity (Wildman–Crippen MR) is 136 cm³/mol. The van der Waals surface area contributed by atoms with E-state index in [-0.39, 0.29) is 17.5 Å². The molecule has 2 aromatic carbocycles. The minimum Gasteiger partial charge on any atom is -0.322 e. The lowest BCUT2D eigenvalue weighted by molar-refractivity contribution is 0.102. The number of nitrogens with one attached hydrogen (secondary N) is 2. The summed E-state index contributed by atoms with van der Waals surface area (Å²) in [6.07, 6.45) is 1.69. The molecule has 3 heterocycles. The number of rotatable bonds is 5. The number of pyridine rings is 1. The smallest absolute Gasteiger partial charge is 0.264 e. The van der Waals surface area contributed by atoms with Crippen molar-refractivity contribution in [3.05, 3.63) is 94.4 Å². The van der Waals surface area contributed by atoms with Gasteiger partial charge in [0, 0.05) is 28.9 Å². The van der Waals surface area contributed by atoms with Crippen molar-refractivity contribution in [3.63, 3.8) is 0 Å². The van der Waals surface area contributed by atoms with Crippen molar-refractivity contribution in [2.24, 2.45) is 0 Å². The average Bonchev–Trinajstić information content (AvgIpc) is 3.29. The standard InChI is InChI=1S/C27H24N6O2/c1-16(2)33-26-22(15-28-33)21(14-24(30-26)18-9-7-17(3)8-10-18)27(35)29-20-6-4-5-19(13-20)23-11-12-25(34)32-31-23/h4-16H,1-3H3,(H,29,35)(H,32,34). The van der Waals surface area contributed by atoms with E-state index in [1.165, 1.54) is 6.07 Å². The molecule has 35 heavy (non-hydrogen) atoms. The molecule has 0 radical (unpaired) electrons. The third-order valence-corrected chi connectivity index (χ3v) is 5.74. The molecule has 0 fully saturated rings.